The van der Waals surface area contributed by atoms with Gasteiger partial charge < -0.3 is 5.32 Å². The van der Waals surface area contributed by atoms with E-state index in [-0.39, 0.29) is 28.1 Å². The average molecular weight is 403 g/mol. The summed E-state index contributed by atoms with van der Waals surface area (Å²) in [5.41, 5.74) is -3.43. The monoisotopic (exact) mass is 403 g/mol. The average Bonchev–Trinajstić information content (AvgIpc) is 3.09. The van der Waals surface area contributed by atoms with Crippen LogP contribution in [0.2, 0.25) is 0 Å². The number of amides is 1. The molecule has 0 bridgehead atoms. The molecule has 6 nitrogen and oxygen atoms in total. The summed E-state index contributed by atoms with van der Waals surface area (Å²) < 4.78 is 82.9. The minimum absolute atomic E-state index is 0.00233. The lowest BCUT2D eigenvalue weighted by Gasteiger charge is -2.14. The van der Waals surface area contributed by atoms with Gasteiger partial charge in [0.15, 0.2) is 17.3 Å². The lowest BCUT2D eigenvalue weighted by Crippen LogP contribution is -2.20. The maximum Gasteiger partial charge on any atom is 0.435 e. The van der Waals surface area contributed by atoms with Crippen molar-refractivity contribution < 1.29 is 31.1 Å². The van der Waals surface area contributed by atoms with Crippen molar-refractivity contribution in [2.45, 2.75) is 13.1 Å². The molecular formula is C16H11F6N5O. The molecule has 28 heavy (non-hydrogen) atoms. The largest absolute Gasteiger partial charge is 0.435 e. The minimum Gasteiger partial charge on any atom is -0.319 e. The van der Waals surface area contributed by atoms with E-state index in [9.17, 15) is 31.1 Å². The second-order valence-electron chi connectivity index (χ2n) is 5.79. The van der Waals surface area contributed by atoms with Gasteiger partial charge in [0.25, 0.3) is 5.91 Å². The van der Waals surface area contributed by atoms with E-state index in [1.807, 2.05) is 5.32 Å². The summed E-state index contributed by atoms with van der Waals surface area (Å²) in [4.78, 5) is 12.3. The topological polar surface area (TPSA) is 64.7 Å². The van der Waals surface area contributed by atoms with Crippen molar-refractivity contribution in [2.75, 3.05) is 5.32 Å². The Hall–Kier alpha value is -3.31. The van der Waals surface area contributed by atoms with Gasteiger partial charge in [0.1, 0.15) is 11.5 Å². The number of anilines is 1. The summed E-state index contributed by atoms with van der Waals surface area (Å²) in [7, 11) is 1.52. The molecule has 1 N–H and O–H groups in total. The van der Waals surface area contributed by atoms with E-state index in [1.165, 1.54) is 24.9 Å². The number of halogens is 6. The van der Waals surface area contributed by atoms with Gasteiger partial charge in [-0.1, -0.05) is 0 Å². The molecule has 3 aromatic rings. The highest BCUT2D eigenvalue weighted by Crippen LogP contribution is 2.37. The molecule has 3 rings (SSSR count). The highest BCUT2D eigenvalue weighted by molar-refractivity contribution is 6.05. The van der Waals surface area contributed by atoms with Crippen LogP contribution in [-0.2, 0) is 13.2 Å². The molecule has 0 radical (unpaired) electrons. The zero-order valence-electron chi connectivity index (χ0n) is 14.3. The van der Waals surface area contributed by atoms with Crippen LogP contribution in [0, 0.1) is 24.4 Å². The third-order valence-electron chi connectivity index (χ3n) is 3.74. The number of nitrogens with one attached hydrogen (secondary N) is 1. The second-order valence-corrected chi connectivity index (χ2v) is 5.79. The third-order valence-corrected chi connectivity index (χ3v) is 3.74. The lowest BCUT2D eigenvalue weighted by molar-refractivity contribution is -0.142. The van der Waals surface area contributed by atoms with Crippen LogP contribution in [-0.4, -0.2) is 25.5 Å². The number of rotatable bonds is 3. The van der Waals surface area contributed by atoms with E-state index < -0.39 is 46.6 Å². The predicted molar refractivity (Wildman–Crippen MR) is 84.3 cm³/mol. The van der Waals surface area contributed by atoms with E-state index in [0.29, 0.717) is 6.20 Å². The Morgan fingerprint density at radius 3 is 2.25 bits per heavy atom. The summed E-state index contributed by atoms with van der Waals surface area (Å²) in [6.45, 7) is 1.48. The van der Waals surface area contributed by atoms with Crippen LogP contribution in [0.25, 0.3) is 5.69 Å². The minimum atomic E-state index is -5.14. The first-order valence-electron chi connectivity index (χ1n) is 7.60. The van der Waals surface area contributed by atoms with Gasteiger partial charge in [-0.05, 0) is 6.92 Å². The first kappa shape index (κ1) is 19.5. The molecule has 148 valence electrons. The zero-order chi connectivity index (χ0) is 20.8. The summed E-state index contributed by atoms with van der Waals surface area (Å²) in [6, 6.07) is 0.439. The van der Waals surface area contributed by atoms with Crippen molar-refractivity contribution in [3.8, 4) is 5.69 Å². The standard InChI is InChI=1S/C16H11F6N5O/c1-7-9(6-26(2)25-7)15(28)24-12-5-23-27(14(12)16(20,21)22)13-10(18)3-8(17)4-11(13)19/h3-6H,1-2H3,(H,24,28). The summed E-state index contributed by atoms with van der Waals surface area (Å²) in [5, 5.41) is 9.26. The van der Waals surface area contributed by atoms with Gasteiger partial charge in [-0.25, -0.2) is 17.9 Å². The molecular weight excluding hydrogens is 392 g/mol. The van der Waals surface area contributed by atoms with E-state index in [4.69, 9.17) is 0 Å². The highest BCUT2D eigenvalue weighted by Gasteiger charge is 2.40. The van der Waals surface area contributed by atoms with Crippen molar-refractivity contribution in [1.82, 2.24) is 19.6 Å². The number of nitrogens with zero attached hydrogens (tertiary/aromatic N) is 4. The fraction of sp³-hybridized carbons (Fsp3) is 0.188. The number of hydrogen-bond acceptors (Lipinski definition) is 3. The fourth-order valence-corrected chi connectivity index (χ4v) is 2.63. The zero-order valence-corrected chi connectivity index (χ0v) is 14.3. The Morgan fingerprint density at radius 1 is 1.14 bits per heavy atom. The number of aromatic nitrogens is 4. The quantitative estimate of drug-likeness (QED) is 0.680. The van der Waals surface area contributed by atoms with Crippen LogP contribution >= 0.6 is 0 Å². The molecule has 0 aliphatic rings. The van der Waals surface area contributed by atoms with Crippen molar-refractivity contribution in [3.05, 3.63) is 58.9 Å². The van der Waals surface area contributed by atoms with Crippen molar-refractivity contribution in [1.29, 1.82) is 0 Å². The Balaban J connectivity index is 2.10. The van der Waals surface area contributed by atoms with Crippen LogP contribution in [0.1, 0.15) is 21.7 Å². The molecule has 0 saturated heterocycles. The molecule has 1 amide bonds. The molecule has 0 unspecified atom stereocenters. The van der Waals surface area contributed by atoms with Gasteiger partial charge in [0.2, 0.25) is 0 Å². The summed E-state index contributed by atoms with van der Waals surface area (Å²) >= 11 is 0. The van der Waals surface area contributed by atoms with E-state index in [1.54, 1.807) is 0 Å². The molecule has 0 aliphatic carbocycles. The van der Waals surface area contributed by atoms with E-state index in [0.717, 1.165) is 0 Å². The van der Waals surface area contributed by atoms with E-state index in [2.05, 4.69) is 10.2 Å². The normalized spacial score (nSPS) is 11.7. The maximum absolute atomic E-state index is 14.0. The number of alkyl halides is 3. The Morgan fingerprint density at radius 2 is 1.75 bits per heavy atom. The van der Waals surface area contributed by atoms with Gasteiger partial charge in [-0.2, -0.15) is 23.4 Å². The Kier molecular flexibility index (Phi) is 4.65. The molecule has 2 aromatic heterocycles. The predicted octanol–water partition coefficient (Wildman–Crippen LogP) is 3.60. The van der Waals surface area contributed by atoms with Gasteiger partial charge in [-0.15, -0.1) is 0 Å². The number of carbonyl (C=O) groups excluding carboxylic acids is 1. The molecule has 0 atom stereocenters. The first-order valence-corrected chi connectivity index (χ1v) is 7.60. The van der Waals surface area contributed by atoms with Gasteiger partial charge in [-0.3, -0.25) is 9.48 Å². The summed E-state index contributed by atoms with van der Waals surface area (Å²) in [6.07, 6.45) is -3.26. The fourth-order valence-electron chi connectivity index (χ4n) is 2.63. The molecule has 12 heteroatoms. The number of carbonyl (C=O) groups is 1. The van der Waals surface area contributed by atoms with Crippen LogP contribution in [0.4, 0.5) is 32.0 Å². The smallest absolute Gasteiger partial charge is 0.319 e. The number of benzene rings is 1. The summed E-state index contributed by atoms with van der Waals surface area (Å²) in [5.74, 6) is -5.41. The van der Waals surface area contributed by atoms with Crippen LogP contribution < -0.4 is 5.32 Å². The molecule has 0 spiro atoms. The Labute approximate surface area is 153 Å². The molecule has 1 aromatic carbocycles. The SMILES string of the molecule is Cc1nn(C)cc1C(=O)Nc1cnn(-c2c(F)cc(F)cc2F)c1C(F)(F)F. The number of aryl methyl sites for hydroxylation is 2. The van der Waals surface area contributed by atoms with Crippen LogP contribution in [0.3, 0.4) is 0 Å². The number of hydrogen-bond donors (Lipinski definition) is 1. The lowest BCUT2D eigenvalue weighted by atomic mass is 10.2. The van der Waals surface area contributed by atoms with E-state index >= 15 is 0 Å². The van der Waals surface area contributed by atoms with Gasteiger partial charge in [0.05, 0.1) is 23.1 Å². The van der Waals surface area contributed by atoms with Crippen molar-refractivity contribution >= 4 is 11.6 Å². The second kappa shape index (κ2) is 6.69. The van der Waals surface area contributed by atoms with Crippen molar-refractivity contribution in [2.24, 2.45) is 7.05 Å². The third kappa shape index (κ3) is 3.44. The van der Waals surface area contributed by atoms with Crippen molar-refractivity contribution in [3.63, 3.8) is 0 Å². The molecule has 0 fully saturated rings. The Bertz CT molecular complexity index is 1050. The maximum atomic E-state index is 14.0. The van der Waals surface area contributed by atoms with Gasteiger partial charge in [0, 0.05) is 25.4 Å². The molecule has 0 aliphatic heterocycles. The first-order chi connectivity index (χ1) is 13.0. The highest BCUT2D eigenvalue weighted by atomic mass is 19.4. The van der Waals surface area contributed by atoms with Crippen LogP contribution in [0.15, 0.2) is 24.5 Å². The van der Waals surface area contributed by atoms with Gasteiger partial charge >= 0.3 is 6.18 Å². The molecule has 0 saturated carbocycles. The molecule has 2 heterocycles. The van der Waals surface area contributed by atoms with Crippen LogP contribution in [0.5, 0.6) is 0 Å².